The molecule has 4 nitrogen and oxygen atoms in total. The lowest BCUT2D eigenvalue weighted by Crippen LogP contribution is -2.67. The Bertz CT molecular complexity index is 1120. The number of aromatic nitrogens is 1. The van der Waals surface area contributed by atoms with Gasteiger partial charge in [0.25, 0.3) is 8.32 Å². The highest BCUT2D eigenvalue weighted by molar-refractivity contribution is 6.99. The number of carbonyl (C=O) groups is 1. The number of carboxylic acid groups (broad SMARTS) is 1. The highest BCUT2D eigenvalue weighted by atomic mass is 35.5. The average molecular weight is 494 g/mol. The number of aliphatic carboxylic acids is 1. The first-order valence-electron chi connectivity index (χ1n) is 11.8. The summed E-state index contributed by atoms with van der Waals surface area (Å²) in [6, 6.07) is 21.0. The van der Waals surface area contributed by atoms with Crippen LogP contribution in [0.2, 0.25) is 10.1 Å². The molecular formula is C28H32ClNO3Si. The fraction of sp³-hybridized carbons (Fsp3) is 0.357. The van der Waals surface area contributed by atoms with E-state index in [0.717, 1.165) is 23.2 Å². The number of benzene rings is 2. The summed E-state index contributed by atoms with van der Waals surface area (Å²) in [6.45, 7) is 9.20. The molecule has 0 saturated carbocycles. The van der Waals surface area contributed by atoms with Gasteiger partial charge >= 0.3 is 5.97 Å². The molecule has 0 aliphatic heterocycles. The quantitative estimate of drug-likeness (QED) is 0.451. The third-order valence-electron chi connectivity index (χ3n) is 7.12. The molecule has 4 rings (SSSR count). The zero-order valence-electron chi connectivity index (χ0n) is 20.2. The maximum Gasteiger partial charge on any atom is 0.303 e. The molecule has 0 amide bonds. The van der Waals surface area contributed by atoms with Crippen LogP contribution >= 0.6 is 11.6 Å². The predicted octanol–water partition coefficient (Wildman–Crippen LogP) is 5.35. The van der Waals surface area contributed by atoms with E-state index in [1.807, 2.05) is 19.1 Å². The first kappa shape index (κ1) is 24.6. The van der Waals surface area contributed by atoms with Crippen molar-refractivity contribution < 1.29 is 14.3 Å². The van der Waals surface area contributed by atoms with Crippen molar-refractivity contribution in [1.29, 1.82) is 0 Å². The second-order valence-corrected chi connectivity index (χ2v) is 14.9. The molecule has 2 aromatic carbocycles. The molecule has 1 N–H and O–H groups in total. The molecule has 0 spiro atoms. The third-order valence-corrected chi connectivity index (χ3v) is 12.4. The molecular weight excluding hydrogens is 462 g/mol. The Morgan fingerprint density at radius 3 is 2.15 bits per heavy atom. The van der Waals surface area contributed by atoms with Crippen molar-refractivity contribution in [1.82, 2.24) is 4.98 Å². The van der Waals surface area contributed by atoms with Crippen LogP contribution in [0.4, 0.5) is 0 Å². The van der Waals surface area contributed by atoms with Crippen LogP contribution in [0, 0.1) is 12.8 Å². The van der Waals surface area contributed by atoms with E-state index in [1.165, 1.54) is 10.4 Å². The normalized spacial score (nSPS) is 18.0. The Morgan fingerprint density at radius 2 is 1.65 bits per heavy atom. The highest BCUT2D eigenvalue weighted by Crippen LogP contribution is 2.46. The molecule has 0 radical (unpaired) electrons. The fourth-order valence-electron chi connectivity index (χ4n) is 5.56. The van der Waals surface area contributed by atoms with Crippen LogP contribution < -0.4 is 10.4 Å². The monoisotopic (exact) mass is 493 g/mol. The first-order valence-corrected chi connectivity index (χ1v) is 14.0. The summed E-state index contributed by atoms with van der Waals surface area (Å²) in [6.07, 6.45) is 2.41. The standard InChI is InChI=1S/C28H32ClNO3Si/c1-19-23-15-20(24(16-26(31)32)27(23)25(29)17-30-19)18-33-34(28(2,3)4,21-11-7-5-8-12-21)22-13-9-6-10-14-22/h5-14,17,20,24H,15-16,18H2,1-4H3,(H,31,32). The van der Waals surface area contributed by atoms with Crippen molar-refractivity contribution in [3.05, 3.63) is 88.7 Å². The fourth-order valence-corrected chi connectivity index (χ4v) is 10.5. The molecule has 34 heavy (non-hydrogen) atoms. The van der Waals surface area contributed by atoms with Crippen molar-refractivity contribution in [2.24, 2.45) is 5.92 Å². The minimum absolute atomic E-state index is 0.0214. The van der Waals surface area contributed by atoms with Gasteiger partial charge in [0.2, 0.25) is 0 Å². The van der Waals surface area contributed by atoms with Crippen LogP contribution in [-0.2, 0) is 15.6 Å². The van der Waals surface area contributed by atoms with Crippen molar-refractivity contribution in [2.75, 3.05) is 6.61 Å². The van der Waals surface area contributed by atoms with E-state index >= 15 is 0 Å². The van der Waals surface area contributed by atoms with Gasteiger partial charge in [0, 0.05) is 24.4 Å². The molecule has 0 bridgehead atoms. The van der Waals surface area contributed by atoms with Crippen LogP contribution in [0.5, 0.6) is 0 Å². The maximum absolute atomic E-state index is 11.8. The molecule has 3 aromatic rings. The lowest BCUT2D eigenvalue weighted by Gasteiger charge is -2.44. The van der Waals surface area contributed by atoms with Gasteiger partial charge in [-0.1, -0.05) is 93.0 Å². The molecule has 0 saturated heterocycles. The van der Waals surface area contributed by atoms with Crippen molar-refractivity contribution in [3.63, 3.8) is 0 Å². The molecule has 2 unspecified atom stereocenters. The maximum atomic E-state index is 11.8. The largest absolute Gasteiger partial charge is 0.481 e. The molecule has 1 aliphatic rings. The van der Waals surface area contributed by atoms with Gasteiger partial charge in [-0.25, -0.2) is 0 Å². The zero-order valence-corrected chi connectivity index (χ0v) is 22.0. The second-order valence-electron chi connectivity index (χ2n) is 10.2. The molecule has 2 atom stereocenters. The summed E-state index contributed by atoms with van der Waals surface area (Å²) >= 11 is 6.55. The van der Waals surface area contributed by atoms with Gasteiger partial charge < -0.3 is 9.53 Å². The van der Waals surface area contributed by atoms with Gasteiger partial charge in [-0.05, 0) is 45.8 Å². The van der Waals surface area contributed by atoms with Crippen LogP contribution in [0.3, 0.4) is 0 Å². The van der Waals surface area contributed by atoms with E-state index in [2.05, 4.69) is 74.3 Å². The summed E-state index contributed by atoms with van der Waals surface area (Å²) in [7, 11) is -2.71. The van der Waals surface area contributed by atoms with E-state index < -0.39 is 14.3 Å². The van der Waals surface area contributed by atoms with Gasteiger partial charge in [0.15, 0.2) is 0 Å². The number of nitrogens with zero attached hydrogens (tertiary/aromatic N) is 1. The summed E-state index contributed by atoms with van der Waals surface area (Å²) in [5.74, 6) is -0.994. The number of halogens is 1. The number of pyridine rings is 1. The minimum Gasteiger partial charge on any atom is -0.481 e. The van der Waals surface area contributed by atoms with E-state index in [9.17, 15) is 9.90 Å². The lowest BCUT2D eigenvalue weighted by atomic mass is 9.90. The van der Waals surface area contributed by atoms with E-state index in [0.29, 0.717) is 11.6 Å². The van der Waals surface area contributed by atoms with E-state index in [1.54, 1.807) is 6.20 Å². The SMILES string of the molecule is Cc1ncc(Cl)c2c1CC(CO[Si](c1ccccc1)(c1ccccc1)C(C)(C)C)C2CC(=O)O. The molecule has 178 valence electrons. The molecule has 1 heterocycles. The predicted molar refractivity (Wildman–Crippen MR) is 140 cm³/mol. The number of hydrogen-bond acceptors (Lipinski definition) is 3. The number of hydrogen-bond donors (Lipinski definition) is 1. The highest BCUT2D eigenvalue weighted by Gasteiger charge is 2.51. The molecule has 0 fully saturated rings. The van der Waals surface area contributed by atoms with Crippen LogP contribution in [0.25, 0.3) is 0 Å². The summed E-state index contributed by atoms with van der Waals surface area (Å²) < 4.78 is 7.16. The van der Waals surface area contributed by atoms with Crippen LogP contribution in [0.1, 0.15) is 49.9 Å². The summed E-state index contributed by atoms with van der Waals surface area (Å²) in [5.41, 5.74) is 2.94. The summed E-state index contributed by atoms with van der Waals surface area (Å²) in [4.78, 5) is 16.2. The molecule has 1 aromatic heterocycles. The Hall–Kier alpha value is -2.47. The van der Waals surface area contributed by atoms with Crippen LogP contribution in [0.15, 0.2) is 66.9 Å². The Labute approximate surface area is 208 Å². The van der Waals surface area contributed by atoms with Crippen molar-refractivity contribution in [2.45, 2.75) is 51.5 Å². The molecule has 6 heteroatoms. The molecule has 1 aliphatic carbocycles. The van der Waals surface area contributed by atoms with Gasteiger partial charge in [-0.3, -0.25) is 9.78 Å². The Morgan fingerprint density at radius 1 is 1.09 bits per heavy atom. The van der Waals surface area contributed by atoms with Gasteiger partial charge in [-0.2, -0.15) is 0 Å². The first-order chi connectivity index (χ1) is 16.1. The van der Waals surface area contributed by atoms with E-state index in [4.69, 9.17) is 16.0 Å². The number of fused-ring (bicyclic) bond motifs is 1. The zero-order chi connectivity index (χ0) is 24.5. The Balaban J connectivity index is 1.77. The average Bonchev–Trinajstić information content (AvgIpc) is 3.16. The third kappa shape index (κ3) is 4.44. The number of carboxylic acids is 1. The van der Waals surface area contributed by atoms with Gasteiger partial charge in [0.05, 0.1) is 11.4 Å². The van der Waals surface area contributed by atoms with Gasteiger partial charge in [0.1, 0.15) is 0 Å². The van der Waals surface area contributed by atoms with Crippen molar-refractivity contribution >= 4 is 36.3 Å². The Kier molecular flexibility index (Phi) is 6.99. The van der Waals surface area contributed by atoms with E-state index in [-0.39, 0.29) is 23.3 Å². The minimum atomic E-state index is -2.71. The topological polar surface area (TPSA) is 59.4 Å². The smallest absolute Gasteiger partial charge is 0.303 e. The number of rotatable bonds is 7. The van der Waals surface area contributed by atoms with Gasteiger partial charge in [-0.15, -0.1) is 0 Å². The number of aryl methyl sites for hydroxylation is 1. The van der Waals surface area contributed by atoms with Crippen LogP contribution in [-0.4, -0.2) is 31.0 Å². The second kappa shape index (κ2) is 9.65. The summed E-state index contributed by atoms with van der Waals surface area (Å²) in [5, 5.41) is 12.5. The van der Waals surface area contributed by atoms with Crippen molar-refractivity contribution in [3.8, 4) is 0 Å². The lowest BCUT2D eigenvalue weighted by molar-refractivity contribution is -0.137.